The van der Waals surface area contributed by atoms with Gasteiger partial charge in [-0.15, -0.1) is 0 Å². The summed E-state index contributed by atoms with van der Waals surface area (Å²) in [5.74, 6) is -0.219. The van der Waals surface area contributed by atoms with E-state index in [1.165, 1.54) is 283 Å². The molecule has 0 bridgehead atoms. The van der Waals surface area contributed by atoms with Crippen molar-refractivity contribution < 1.29 is 51.8 Å². The van der Waals surface area contributed by atoms with Gasteiger partial charge in [0, 0.05) is 6.42 Å². The summed E-state index contributed by atoms with van der Waals surface area (Å²) < 4.78 is 48.1. The van der Waals surface area contributed by atoms with Crippen molar-refractivity contribution in [2.75, 3.05) is 13.2 Å². The van der Waals surface area contributed by atoms with Crippen LogP contribution in [0.15, 0.2) is 0 Å². The summed E-state index contributed by atoms with van der Waals surface area (Å²) in [6.07, 6.45) is 59.9. The Kier molecular flexibility index (Phi) is 54.2. The highest BCUT2D eigenvalue weighted by molar-refractivity contribution is 7.80. The van der Waals surface area contributed by atoms with E-state index in [-0.39, 0.29) is 12.5 Å². The van der Waals surface area contributed by atoms with E-state index in [9.17, 15) is 38.2 Å². The van der Waals surface area contributed by atoms with E-state index in [4.69, 9.17) is 9.47 Å². The average Bonchev–Trinajstić information content (AvgIpc) is 3.44. The molecule has 0 radical (unpaired) electrons. The largest absolute Gasteiger partial charge is 0.397 e. The first-order valence-electron chi connectivity index (χ1n) is 34.4. The lowest BCUT2D eigenvalue weighted by Crippen LogP contribution is -2.61. The van der Waals surface area contributed by atoms with E-state index in [2.05, 4.69) is 23.3 Å². The van der Waals surface area contributed by atoms with Crippen LogP contribution in [0.5, 0.6) is 0 Å². The molecule has 0 spiro atoms. The minimum absolute atomic E-state index is 0.219. The van der Waals surface area contributed by atoms with Gasteiger partial charge in [-0.3, -0.25) is 9.35 Å². The van der Waals surface area contributed by atoms with Gasteiger partial charge in [0.2, 0.25) is 5.91 Å². The fourth-order valence-corrected chi connectivity index (χ4v) is 12.2. The Balaban J connectivity index is 2.22. The van der Waals surface area contributed by atoms with Gasteiger partial charge in [0.1, 0.15) is 24.4 Å². The number of carbonyl (C=O) groups is 1. The summed E-state index contributed by atoms with van der Waals surface area (Å²) in [6, 6.07) is -0.854. The monoisotopic (exact) mass is 1150 g/mol. The van der Waals surface area contributed by atoms with Gasteiger partial charge in [0.25, 0.3) is 0 Å². The third-order valence-corrected chi connectivity index (χ3v) is 17.4. The second-order valence-corrected chi connectivity index (χ2v) is 25.5. The highest BCUT2D eigenvalue weighted by atomic mass is 32.3. The number of nitrogens with one attached hydrogen (secondary N) is 1. The summed E-state index contributed by atoms with van der Waals surface area (Å²) in [6.45, 7) is 3.53. The molecule has 12 nitrogen and oxygen atoms in total. The molecule has 1 saturated heterocycles. The van der Waals surface area contributed by atoms with Crippen LogP contribution in [0, 0.1) is 0 Å². The Morgan fingerprint density at radius 3 is 1.01 bits per heavy atom. The number of hydrogen-bond donors (Lipinski definition) is 6. The van der Waals surface area contributed by atoms with Crippen LogP contribution in [-0.4, -0.2) is 95.4 Å². The van der Waals surface area contributed by atoms with Crippen LogP contribution >= 0.6 is 0 Å². The molecule has 6 N–H and O–H groups in total. The van der Waals surface area contributed by atoms with E-state index in [1.54, 1.807) is 0 Å². The van der Waals surface area contributed by atoms with Gasteiger partial charge in [-0.25, -0.2) is 4.18 Å². The highest BCUT2D eigenvalue weighted by Gasteiger charge is 2.48. The molecular formula is C66H131NO11S. The Morgan fingerprint density at radius 1 is 0.456 bits per heavy atom. The predicted molar refractivity (Wildman–Crippen MR) is 329 cm³/mol. The van der Waals surface area contributed by atoms with Crippen LogP contribution in [0.4, 0.5) is 0 Å². The number of hydrogen-bond acceptors (Lipinski definition) is 10. The van der Waals surface area contributed by atoms with Gasteiger partial charge in [-0.05, 0) is 12.8 Å². The molecule has 0 aromatic rings. The first-order chi connectivity index (χ1) is 38.5. The Morgan fingerprint density at radius 2 is 0.734 bits per heavy atom. The maximum absolute atomic E-state index is 13.2. The molecule has 1 amide bonds. The standard InChI is InChI=1S/C66H131NO11S/c1-3-5-7-9-11-13-15-17-19-21-23-25-26-27-28-29-30-31-32-33-34-36-38-40-42-44-46-48-50-52-54-56-62(70)67-59(58-76-66-64(72)65(78-79(73,74)75)63(71)61(57-68)77-66)60(69)55-53-51-49-47-45-43-41-39-37-35-24-22-20-18-16-14-12-10-8-6-4-2/h59-61,63-66,68-69,71-72H,3-58H2,1-2H3,(H,67,70)(H,73,74,75). The number of aliphatic hydroxyl groups excluding tert-OH is 4. The molecule has 0 aromatic heterocycles. The molecule has 1 rings (SSSR count). The van der Waals surface area contributed by atoms with E-state index >= 15 is 0 Å². The molecular weight excluding hydrogens is 1010 g/mol. The second kappa shape index (κ2) is 56.2. The summed E-state index contributed by atoms with van der Waals surface area (Å²) in [5.41, 5.74) is 0. The Labute approximate surface area is 488 Å². The van der Waals surface area contributed by atoms with Gasteiger partial charge in [0.15, 0.2) is 6.29 Å². The van der Waals surface area contributed by atoms with Crippen molar-refractivity contribution in [1.29, 1.82) is 0 Å². The first kappa shape index (κ1) is 76.1. The summed E-state index contributed by atoms with van der Waals surface area (Å²) in [4.78, 5) is 13.2. The third kappa shape index (κ3) is 48.1. The zero-order valence-corrected chi connectivity index (χ0v) is 52.5. The van der Waals surface area contributed by atoms with Crippen molar-refractivity contribution in [2.45, 2.75) is 403 Å². The zero-order valence-electron chi connectivity index (χ0n) is 51.7. The molecule has 7 unspecified atom stereocenters. The molecule has 0 aliphatic carbocycles. The van der Waals surface area contributed by atoms with E-state index < -0.39 is 59.9 Å². The summed E-state index contributed by atoms with van der Waals surface area (Å²) in [5, 5.41) is 45.3. The maximum atomic E-state index is 13.2. The van der Waals surface area contributed by atoms with Crippen molar-refractivity contribution in [3.05, 3.63) is 0 Å². The van der Waals surface area contributed by atoms with Gasteiger partial charge in [0.05, 0.1) is 25.4 Å². The van der Waals surface area contributed by atoms with Crippen LogP contribution in [0.2, 0.25) is 0 Å². The number of rotatable bonds is 62. The van der Waals surface area contributed by atoms with Crippen LogP contribution in [-0.2, 0) is 28.9 Å². The van der Waals surface area contributed by atoms with Crippen molar-refractivity contribution >= 4 is 16.3 Å². The zero-order chi connectivity index (χ0) is 57.5. The molecule has 1 aliphatic rings. The Bertz CT molecular complexity index is 1390. The fraction of sp³-hybridized carbons (Fsp3) is 0.985. The fourth-order valence-electron chi connectivity index (χ4n) is 11.6. The molecule has 0 saturated carbocycles. The minimum Gasteiger partial charge on any atom is -0.394 e. The number of amides is 1. The SMILES string of the molecule is CCCCCCCCCCCCCCCCCCCCCCCCCCCCCCCCCC(=O)NC(COC1OC(CO)C(O)C(OS(=O)(=O)O)C1O)C(O)CCCCCCCCCCCCCCCCCCCCCCC. The van der Waals surface area contributed by atoms with E-state index in [1.807, 2.05) is 0 Å². The van der Waals surface area contributed by atoms with Crippen LogP contribution in [0.1, 0.15) is 361 Å². The van der Waals surface area contributed by atoms with Crippen molar-refractivity contribution in [1.82, 2.24) is 5.32 Å². The number of unbranched alkanes of at least 4 members (excludes halogenated alkanes) is 50. The van der Waals surface area contributed by atoms with Gasteiger partial charge < -0.3 is 35.2 Å². The lowest BCUT2D eigenvalue weighted by Gasteiger charge is -2.41. The summed E-state index contributed by atoms with van der Waals surface area (Å²) >= 11 is 0. The second-order valence-electron chi connectivity index (χ2n) is 24.5. The maximum Gasteiger partial charge on any atom is 0.397 e. The molecule has 79 heavy (non-hydrogen) atoms. The first-order valence-corrected chi connectivity index (χ1v) is 35.8. The molecule has 1 fully saturated rings. The molecule has 0 aromatic carbocycles. The number of ether oxygens (including phenoxy) is 2. The smallest absolute Gasteiger partial charge is 0.394 e. The number of aliphatic hydroxyl groups is 4. The third-order valence-electron chi connectivity index (χ3n) is 16.9. The quantitative estimate of drug-likeness (QED) is 0.0251. The van der Waals surface area contributed by atoms with Gasteiger partial charge in [-0.1, -0.05) is 341 Å². The van der Waals surface area contributed by atoms with E-state index in [0.717, 1.165) is 51.4 Å². The molecule has 1 aliphatic heterocycles. The number of carbonyl (C=O) groups excluding carboxylic acids is 1. The van der Waals surface area contributed by atoms with Crippen LogP contribution in [0.3, 0.4) is 0 Å². The van der Waals surface area contributed by atoms with Gasteiger partial charge in [-0.2, -0.15) is 8.42 Å². The molecule has 472 valence electrons. The molecule has 1 heterocycles. The Hall–Kier alpha value is -0.900. The van der Waals surface area contributed by atoms with Crippen molar-refractivity contribution in [3.8, 4) is 0 Å². The van der Waals surface area contributed by atoms with Crippen LogP contribution in [0.25, 0.3) is 0 Å². The lowest BCUT2D eigenvalue weighted by atomic mass is 9.99. The minimum atomic E-state index is -5.08. The lowest BCUT2D eigenvalue weighted by molar-refractivity contribution is -0.298. The highest BCUT2D eigenvalue weighted by Crippen LogP contribution is 2.27. The van der Waals surface area contributed by atoms with Crippen molar-refractivity contribution in [3.63, 3.8) is 0 Å². The predicted octanol–water partition coefficient (Wildman–Crippen LogP) is 17.6. The van der Waals surface area contributed by atoms with Crippen LogP contribution < -0.4 is 5.32 Å². The topological polar surface area (TPSA) is 192 Å². The van der Waals surface area contributed by atoms with Gasteiger partial charge >= 0.3 is 10.4 Å². The molecule has 7 atom stereocenters. The average molecular weight is 1150 g/mol. The normalized spacial score (nSPS) is 18.6. The molecule has 13 heteroatoms. The van der Waals surface area contributed by atoms with Crippen molar-refractivity contribution in [2.24, 2.45) is 0 Å². The van der Waals surface area contributed by atoms with E-state index in [0.29, 0.717) is 12.8 Å². The summed E-state index contributed by atoms with van der Waals surface area (Å²) in [7, 11) is -5.08.